The van der Waals surface area contributed by atoms with E-state index in [0.717, 1.165) is 30.2 Å². The average Bonchev–Trinajstić information content (AvgIpc) is 2.51. The molecule has 0 aliphatic heterocycles. The molecule has 0 heterocycles. The number of hydrogen-bond donors (Lipinski definition) is 1. The standard InChI is InChI=1S/C21H41N/c1-6-16-9-10-18-14-21(5,15-22)19(18)12-11-17(16)13-20(4,7-2)8-3/h16-19H,6-15,22H2,1-5H3/t16?,17?,18?,19?,21-/m0/s1. The van der Waals surface area contributed by atoms with Gasteiger partial charge in [0.2, 0.25) is 0 Å². The van der Waals surface area contributed by atoms with Crippen molar-refractivity contribution in [2.24, 2.45) is 40.2 Å². The molecule has 1 nitrogen and oxygen atoms in total. The lowest BCUT2D eigenvalue weighted by atomic mass is 9.50. The highest BCUT2D eigenvalue weighted by atomic mass is 14.7. The summed E-state index contributed by atoms with van der Waals surface area (Å²) in [5.74, 6) is 3.85. The lowest BCUT2D eigenvalue weighted by Crippen LogP contribution is -2.51. The number of fused-ring (bicyclic) bond motifs is 1. The van der Waals surface area contributed by atoms with Crippen molar-refractivity contribution in [3.8, 4) is 0 Å². The van der Waals surface area contributed by atoms with Crippen LogP contribution in [0.5, 0.6) is 0 Å². The molecule has 0 saturated heterocycles. The topological polar surface area (TPSA) is 26.0 Å². The summed E-state index contributed by atoms with van der Waals surface area (Å²) in [6, 6.07) is 0. The molecular formula is C21H41N. The average molecular weight is 308 g/mol. The van der Waals surface area contributed by atoms with Gasteiger partial charge in [0.25, 0.3) is 0 Å². The largest absolute Gasteiger partial charge is 0.330 e. The van der Waals surface area contributed by atoms with Crippen LogP contribution >= 0.6 is 0 Å². The van der Waals surface area contributed by atoms with Gasteiger partial charge in [-0.1, -0.05) is 53.9 Å². The zero-order valence-electron chi connectivity index (χ0n) is 16.0. The molecule has 130 valence electrons. The molecular weight excluding hydrogens is 266 g/mol. The first kappa shape index (κ1) is 18.3. The fourth-order valence-electron chi connectivity index (χ4n) is 5.69. The summed E-state index contributed by atoms with van der Waals surface area (Å²) in [6.45, 7) is 13.1. The van der Waals surface area contributed by atoms with Crippen LogP contribution in [0.1, 0.15) is 92.4 Å². The summed E-state index contributed by atoms with van der Waals surface area (Å²) in [5.41, 5.74) is 7.13. The molecule has 2 N–H and O–H groups in total. The van der Waals surface area contributed by atoms with Crippen molar-refractivity contribution in [2.45, 2.75) is 92.4 Å². The molecule has 0 amide bonds. The third-order valence-electron chi connectivity index (χ3n) is 8.07. The Morgan fingerprint density at radius 1 is 1.00 bits per heavy atom. The van der Waals surface area contributed by atoms with E-state index in [-0.39, 0.29) is 0 Å². The smallest absolute Gasteiger partial charge is 0.00203 e. The van der Waals surface area contributed by atoms with Gasteiger partial charge >= 0.3 is 0 Å². The van der Waals surface area contributed by atoms with E-state index in [1.165, 1.54) is 57.8 Å². The predicted molar refractivity (Wildman–Crippen MR) is 97.8 cm³/mol. The van der Waals surface area contributed by atoms with Crippen LogP contribution in [-0.2, 0) is 0 Å². The monoisotopic (exact) mass is 307 g/mol. The lowest BCUT2D eigenvalue weighted by molar-refractivity contribution is -0.0510. The third kappa shape index (κ3) is 3.55. The summed E-state index contributed by atoms with van der Waals surface area (Å²) in [6.07, 6.45) is 12.8. The van der Waals surface area contributed by atoms with Crippen molar-refractivity contribution in [3.63, 3.8) is 0 Å². The first-order valence-corrected chi connectivity index (χ1v) is 10.1. The van der Waals surface area contributed by atoms with E-state index in [1.54, 1.807) is 0 Å². The zero-order valence-corrected chi connectivity index (χ0v) is 16.0. The van der Waals surface area contributed by atoms with E-state index in [4.69, 9.17) is 5.73 Å². The summed E-state index contributed by atoms with van der Waals surface area (Å²) in [4.78, 5) is 0. The van der Waals surface area contributed by atoms with Gasteiger partial charge in [0.05, 0.1) is 0 Å². The van der Waals surface area contributed by atoms with Crippen LogP contribution < -0.4 is 5.73 Å². The highest BCUT2D eigenvalue weighted by Crippen LogP contribution is 2.57. The molecule has 4 unspecified atom stereocenters. The van der Waals surface area contributed by atoms with E-state index < -0.39 is 0 Å². The first-order chi connectivity index (χ1) is 10.4. The highest BCUT2D eigenvalue weighted by Gasteiger charge is 2.49. The van der Waals surface area contributed by atoms with Gasteiger partial charge in [-0.05, 0) is 79.6 Å². The van der Waals surface area contributed by atoms with Gasteiger partial charge < -0.3 is 5.73 Å². The maximum atomic E-state index is 6.10. The minimum atomic E-state index is 0.465. The van der Waals surface area contributed by atoms with Crippen LogP contribution in [-0.4, -0.2) is 6.54 Å². The Hall–Kier alpha value is -0.0400. The quantitative estimate of drug-likeness (QED) is 0.638. The van der Waals surface area contributed by atoms with Gasteiger partial charge in [0.15, 0.2) is 0 Å². The maximum absolute atomic E-state index is 6.10. The third-order valence-corrected chi connectivity index (χ3v) is 8.07. The maximum Gasteiger partial charge on any atom is -0.00203 e. The Morgan fingerprint density at radius 2 is 1.64 bits per heavy atom. The number of rotatable bonds is 6. The Morgan fingerprint density at radius 3 is 2.18 bits per heavy atom. The van der Waals surface area contributed by atoms with Gasteiger partial charge in [-0.15, -0.1) is 0 Å². The molecule has 5 atom stereocenters. The van der Waals surface area contributed by atoms with Crippen LogP contribution in [0, 0.1) is 34.5 Å². The molecule has 1 heteroatoms. The fourth-order valence-corrected chi connectivity index (χ4v) is 5.69. The second-order valence-electron chi connectivity index (χ2n) is 9.23. The molecule has 0 radical (unpaired) electrons. The fraction of sp³-hybridized carbons (Fsp3) is 1.00. The molecule has 0 aromatic carbocycles. The summed E-state index contributed by atoms with van der Waals surface area (Å²) >= 11 is 0. The molecule has 22 heavy (non-hydrogen) atoms. The normalized spacial score (nSPS) is 39.5. The van der Waals surface area contributed by atoms with Crippen LogP contribution in [0.25, 0.3) is 0 Å². The molecule has 2 aliphatic carbocycles. The summed E-state index contributed by atoms with van der Waals surface area (Å²) < 4.78 is 0. The van der Waals surface area contributed by atoms with Crippen molar-refractivity contribution in [1.82, 2.24) is 0 Å². The van der Waals surface area contributed by atoms with Gasteiger partial charge in [0.1, 0.15) is 0 Å². The Kier molecular flexibility index (Phi) is 6.02. The molecule has 0 aromatic rings. The summed E-state index contributed by atoms with van der Waals surface area (Å²) in [7, 11) is 0. The second kappa shape index (κ2) is 7.24. The molecule has 2 fully saturated rings. The second-order valence-corrected chi connectivity index (χ2v) is 9.23. The highest BCUT2D eigenvalue weighted by molar-refractivity contribution is 5.00. The van der Waals surface area contributed by atoms with E-state index in [9.17, 15) is 0 Å². The predicted octanol–water partition coefficient (Wildman–Crippen LogP) is 6.02. The SMILES string of the molecule is CCC1CCC2C[C@@](C)(CN)C2CCC1CC(C)(CC)CC. The molecule has 0 aromatic heterocycles. The lowest BCUT2D eigenvalue weighted by Gasteiger charge is -2.56. The van der Waals surface area contributed by atoms with Gasteiger partial charge in [-0.25, -0.2) is 0 Å². The van der Waals surface area contributed by atoms with Gasteiger partial charge in [0, 0.05) is 0 Å². The Bertz CT molecular complexity index is 346. The number of nitrogens with two attached hydrogens (primary N) is 1. The minimum Gasteiger partial charge on any atom is -0.330 e. The van der Waals surface area contributed by atoms with Crippen LogP contribution in [0.3, 0.4) is 0 Å². The Balaban J connectivity index is 2.05. The van der Waals surface area contributed by atoms with Gasteiger partial charge in [-0.3, -0.25) is 0 Å². The van der Waals surface area contributed by atoms with Crippen molar-refractivity contribution in [1.29, 1.82) is 0 Å². The minimum absolute atomic E-state index is 0.465. The van der Waals surface area contributed by atoms with Crippen molar-refractivity contribution in [3.05, 3.63) is 0 Å². The van der Waals surface area contributed by atoms with Crippen LogP contribution in [0.2, 0.25) is 0 Å². The van der Waals surface area contributed by atoms with Crippen LogP contribution in [0.4, 0.5) is 0 Å². The number of hydrogen-bond acceptors (Lipinski definition) is 1. The molecule has 2 aliphatic rings. The van der Waals surface area contributed by atoms with Crippen molar-refractivity contribution >= 4 is 0 Å². The first-order valence-electron chi connectivity index (χ1n) is 10.1. The molecule has 2 rings (SSSR count). The Labute approximate surface area is 139 Å². The molecule has 0 bridgehead atoms. The summed E-state index contributed by atoms with van der Waals surface area (Å²) in [5, 5.41) is 0. The van der Waals surface area contributed by atoms with E-state index in [2.05, 4.69) is 34.6 Å². The zero-order chi connectivity index (χ0) is 16.4. The molecule has 0 spiro atoms. The van der Waals surface area contributed by atoms with Gasteiger partial charge in [-0.2, -0.15) is 0 Å². The van der Waals surface area contributed by atoms with E-state index in [1.807, 2.05) is 0 Å². The van der Waals surface area contributed by atoms with Crippen molar-refractivity contribution in [2.75, 3.05) is 6.54 Å². The van der Waals surface area contributed by atoms with E-state index >= 15 is 0 Å². The molecule has 2 saturated carbocycles. The van der Waals surface area contributed by atoms with Crippen LogP contribution in [0.15, 0.2) is 0 Å². The van der Waals surface area contributed by atoms with E-state index in [0.29, 0.717) is 10.8 Å². The van der Waals surface area contributed by atoms with Crippen molar-refractivity contribution < 1.29 is 0 Å².